The molecule has 0 spiro atoms. The van der Waals surface area contributed by atoms with Crippen molar-refractivity contribution in [3.05, 3.63) is 35.1 Å². The Morgan fingerprint density at radius 1 is 1.22 bits per heavy atom. The van der Waals surface area contributed by atoms with Crippen LogP contribution in [0.25, 0.3) is 0 Å². The molecule has 7 heteroatoms. The largest absolute Gasteiger partial charge is 0.416 e. The number of hydrogen-bond donors (Lipinski definition) is 1. The van der Waals surface area contributed by atoms with Gasteiger partial charge in [0.15, 0.2) is 0 Å². The van der Waals surface area contributed by atoms with Crippen LogP contribution in [0, 0.1) is 5.82 Å². The average Bonchev–Trinajstić information content (AvgIpc) is 2.49. The van der Waals surface area contributed by atoms with E-state index in [2.05, 4.69) is 5.32 Å². The number of amides is 1. The molecule has 0 fully saturated rings. The van der Waals surface area contributed by atoms with E-state index in [0.29, 0.717) is 25.6 Å². The molecule has 0 aliphatic rings. The Balaban J connectivity index is 2.87. The molecule has 130 valence electrons. The molecule has 0 saturated carbocycles. The van der Waals surface area contributed by atoms with Crippen LogP contribution >= 0.6 is 0 Å². The summed E-state index contributed by atoms with van der Waals surface area (Å²) in [4.78, 5) is 14.2. The molecule has 0 aromatic heterocycles. The topological polar surface area (TPSA) is 32.3 Å². The van der Waals surface area contributed by atoms with E-state index in [9.17, 15) is 22.4 Å². The molecule has 1 rings (SSSR count). The molecular weight excluding hydrogens is 312 g/mol. The first kappa shape index (κ1) is 19.4. The second kappa shape index (κ2) is 8.29. The number of halogens is 4. The van der Waals surface area contributed by atoms with Crippen molar-refractivity contribution in [1.29, 1.82) is 0 Å². The molecule has 0 unspecified atom stereocenters. The molecule has 0 aliphatic carbocycles. The standard InChI is InChI=1S/C16H22F4N2O/c1-4-14(22(5-2)6-3)15(23)21-10-11-7-8-12(17)9-13(11)16(18,19)20/h7-9,14H,4-6,10H2,1-3H3,(H,21,23)/t14-/m1/s1. The Hall–Kier alpha value is -1.63. The molecule has 1 atom stereocenters. The fraction of sp³-hybridized carbons (Fsp3) is 0.562. The van der Waals surface area contributed by atoms with Crippen LogP contribution in [0.15, 0.2) is 18.2 Å². The van der Waals surface area contributed by atoms with Crippen molar-refractivity contribution in [3.63, 3.8) is 0 Å². The minimum Gasteiger partial charge on any atom is -0.351 e. The molecule has 0 bridgehead atoms. The second-order valence-electron chi connectivity index (χ2n) is 5.16. The summed E-state index contributed by atoms with van der Waals surface area (Å²) < 4.78 is 51.8. The summed E-state index contributed by atoms with van der Waals surface area (Å²) in [5.41, 5.74) is -1.21. The summed E-state index contributed by atoms with van der Waals surface area (Å²) in [6, 6.07) is 2.07. The van der Waals surface area contributed by atoms with Crippen LogP contribution in [0.2, 0.25) is 0 Å². The predicted octanol–water partition coefficient (Wildman–Crippen LogP) is 3.58. The Labute approximate surface area is 133 Å². The molecule has 1 aromatic carbocycles. The van der Waals surface area contributed by atoms with Crippen LogP contribution in [0.5, 0.6) is 0 Å². The van der Waals surface area contributed by atoms with E-state index in [1.165, 1.54) is 0 Å². The van der Waals surface area contributed by atoms with E-state index in [1.54, 1.807) is 0 Å². The van der Waals surface area contributed by atoms with E-state index in [1.807, 2.05) is 25.7 Å². The van der Waals surface area contributed by atoms with Crippen LogP contribution in [-0.4, -0.2) is 29.9 Å². The van der Waals surface area contributed by atoms with Gasteiger partial charge in [0.05, 0.1) is 11.6 Å². The number of carbonyl (C=O) groups excluding carboxylic acids is 1. The SMILES string of the molecule is CC[C@H](C(=O)NCc1ccc(F)cc1C(F)(F)F)N(CC)CC. The van der Waals surface area contributed by atoms with E-state index < -0.39 is 17.6 Å². The molecule has 1 amide bonds. The summed E-state index contributed by atoms with van der Waals surface area (Å²) in [6.07, 6.45) is -4.10. The Morgan fingerprint density at radius 2 is 1.83 bits per heavy atom. The van der Waals surface area contributed by atoms with E-state index in [-0.39, 0.29) is 24.1 Å². The van der Waals surface area contributed by atoms with Gasteiger partial charge in [-0.1, -0.05) is 26.8 Å². The highest BCUT2D eigenvalue weighted by Crippen LogP contribution is 2.32. The first-order valence-electron chi connectivity index (χ1n) is 7.61. The zero-order valence-electron chi connectivity index (χ0n) is 13.5. The zero-order valence-corrected chi connectivity index (χ0v) is 13.5. The average molecular weight is 334 g/mol. The minimum atomic E-state index is -4.66. The van der Waals surface area contributed by atoms with Crippen molar-refractivity contribution < 1.29 is 22.4 Å². The van der Waals surface area contributed by atoms with Gasteiger partial charge in [0, 0.05) is 6.54 Å². The van der Waals surface area contributed by atoms with E-state index in [0.717, 1.165) is 12.1 Å². The van der Waals surface area contributed by atoms with Crippen LogP contribution in [0.3, 0.4) is 0 Å². The summed E-state index contributed by atoms with van der Waals surface area (Å²) in [6.45, 7) is 6.75. The highest BCUT2D eigenvalue weighted by molar-refractivity contribution is 5.81. The lowest BCUT2D eigenvalue weighted by Crippen LogP contribution is -2.46. The van der Waals surface area contributed by atoms with Crippen molar-refractivity contribution in [2.24, 2.45) is 0 Å². The summed E-state index contributed by atoms with van der Waals surface area (Å²) in [5, 5.41) is 2.53. The van der Waals surface area contributed by atoms with Gasteiger partial charge in [0.1, 0.15) is 5.82 Å². The van der Waals surface area contributed by atoms with Gasteiger partial charge in [-0.15, -0.1) is 0 Å². The molecule has 1 N–H and O–H groups in total. The van der Waals surface area contributed by atoms with Crippen molar-refractivity contribution in [1.82, 2.24) is 10.2 Å². The van der Waals surface area contributed by atoms with E-state index >= 15 is 0 Å². The number of benzene rings is 1. The highest BCUT2D eigenvalue weighted by Gasteiger charge is 2.34. The molecule has 23 heavy (non-hydrogen) atoms. The maximum Gasteiger partial charge on any atom is 0.416 e. The normalized spacial score (nSPS) is 13.2. The molecule has 0 aliphatic heterocycles. The molecule has 3 nitrogen and oxygen atoms in total. The summed E-state index contributed by atoms with van der Waals surface area (Å²) in [5.74, 6) is -1.28. The smallest absolute Gasteiger partial charge is 0.351 e. The number of likely N-dealkylation sites (N-methyl/N-ethyl adjacent to an activating group) is 1. The minimum absolute atomic E-state index is 0.151. The maximum absolute atomic E-state index is 13.1. The molecule has 0 radical (unpaired) electrons. The maximum atomic E-state index is 13.1. The lowest BCUT2D eigenvalue weighted by Gasteiger charge is -2.27. The zero-order chi connectivity index (χ0) is 17.6. The van der Waals surface area contributed by atoms with Gasteiger partial charge in [0.2, 0.25) is 5.91 Å². The molecule has 1 aromatic rings. The van der Waals surface area contributed by atoms with Crippen molar-refractivity contribution in [2.75, 3.05) is 13.1 Å². The third-order valence-corrected chi connectivity index (χ3v) is 3.77. The van der Waals surface area contributed by atoms with Crippen molar-refractivity contribution in [2.45, 2.75) is 46.0 Å². The van der Waals surface area contributed by atoms with Gasteiger partial charge in [-0.3, -0.25) is 9.69 Å². The Morgan fingerprint density at radius 3 is 2.30 bits per heavy atom. The Bertz CT molecular complexity index is 527. The van der Waals surface area contributed by atoms with Crippen molar-refractivity contribution in [3.8, 4) is 0 Å². The van der Waals surface area contributed by atoms with Gasteiger partial charge in [-0.25, -0.2) is 4.39 Å². The lowest BCUT2D eigenvalue weighted by atomic mass is 10.1. The van der Waals surface area contributed by atoms with Crippen LogP contribution in [0.4, 0.5) is 17.6 Å². The third-order valence-electron chi connectivity index (χ3n) is 3.77. The van der Waals surface area contributed by atoms with Crippen LogP contribution in [0.1, 0.15) is 38.3 Å². The van der Waals surface area contributed by atoms with Crippen molar-refractivity contribution >= 4 is 5.91 Å². The van der Waals surface area contributed by atoms with Gasteiger partial charge >= 0.3 is 6.18 Å². The van der Waals surface area contributed by atoms with E-state index in [4.69, 9.17) is 0 Å². The third kappa shape index (κ3) is 5.20. The summed E-state index contributed by atoms with van der Waals surface area (Å²) in [7, 11) is 0. The number of nitrogens with zero attached hydrogens (tertiary/aromatic N) is 1. The number of alkyl halides is 3. The first-order valence-corrected chi connectivity index (χ1v) is 7.61. The molecular formula is C16H22F4N2O. The molecule has 0 heterocycles. The van der Waals surface area contributed by atoms with Crippen LogP contribution < -0.4 is 5.32 Å². The van der Waals surface area contributed by atoms with Gasteiger partial charge < -0.3 is 5.32 Å². The highest BCUT2D eigenvalue weighted by atomic mass is 19.4. The number of carbonyl (C=O) groups is 1. The summed E-state index contributed by atoms with van der Waals surface area (Å²) >= 11 is 0. The van der Waals surface area contributed by atoms with Gasteiger partial charge in [-0.05, 0) is 37.2 Å². The van der Waals surface area contributed by atoms with Gasteiger partial charge in [-0.2, -0.15) is 13.2 Å². The quantitative estimate of drug-likeness (QED) is 0.773. The first-order chi connectivity index (χ1) is 10.7. The lowest BCUT2D eigenvalue weighted by molar-refractivity contribution is -0.138. The fourth-order valence-electron chi connectivity index (χ4n) is 2.54. The number of rotatable bonds is 7. The fourth-order valence-corrected chi connectivity index (χ4v) is 2.54. The second-order valence-corrected chi connectivity index (χ2v) is 5.16. The number of nitrogens with one attached hydrogen (secondary N) is 1. The van der Waals surface area contributed by atoms with Gasteiger partial charge in [0.25, 0.3) is 0 Å². The predicted molar refractivity (Wildman–Crippen MR) is 80.2 cm³/mol. The monoisotopic (exact) mass is 334 g/mol. The van der Waals surface area contributed by atoms with Crippen LogP contribution in [-0.2, 0) is 17.5 Å². The molecule has 0 saturated heterocycles. The Kier molecular flexibility index (Phi) is 7.00. The number of hydrogen-bond acceptors (Lipinski definition) is 2.